The van der Waals surface area contributed by atoms with Crippen LogP contribution in [0.25, 0.3) is 22.1 Å². The number of aromatic amines is 1. The Morgan fingerprint density at radius 1 is 1.26 bits per heavy atom. The summed E-state index contributed by atoms with van der Waals surface area (Å²) in [5.74, 6) is 2.38. The van der Waals surface area contributed by atoms with Crippen LogP contribution in [0.4, 0.5) is 11.4 Å². The highest BCUT2D eigenvalue weighted by atomic mass is 16.6. The molecule has 1 aromatic heterocycles. The second-order valence-electron chi connectivity index (χ2n) is 4.65. The summed E-state index contributed by atoms with van der Waals surface area (Å²) >= 11 is 0. The van der Waals surface area contributed by atoms with Crippen molar-refractivity contribution < 1.29 is 4.92 Å². The second kappa shape index (κ2) is 6.00. The molecule has 0 atom stereocenters. The van der Waals surface area contributed by atoms with Crippen molar-refractivity contribution in [3.8, 4) is 0 Å². The SMILES string of the molecule is [N-]=C=C(NNc1cccc([N+](=O)[O-])c1)c1nc2ccccc2[nH]1. The van der Waals surface area contributed by atoms with Crippen LogP contribution in [0.5, 0.6) is 0 Å². The lowest BCUT2D eigenvalue weighted by Crippen LogP contribution is -2.21. The predicted octanol–water partition coefficient (Wildman–Crippen LogP) is 2.67. The summed E-state index contributed by atoms with van der Waals surface area (Å²) in [5, 5.41) is 20.0. The number of H-pyrrole nitrogens is 1. The van der Waals surface area contributed by atoms with E-state index < -0.39 is 4.92 Å². The Morgan fingerprint density at radius 3 is 2.83 bits per heavy atom. The fourth-order valence-electron chi connectivity index (χ4n) is 2.04. The van der Waals surface area contributed by atoms with Crippen LogP contribution in [-0.2, 0) is 0 Å². The van der Waals surface area contributed by atoms with Crippen LogP contribution in [0.2, 0.25) is 0 Å². The first-order valence-electron chi connectivity index (χ1n) is 6.66. The topological polar surface area (TPSA) is 118 Å². The Hall–Kier alpha value is -3.64. The number of non-ortho nitro benzene ring substituents is 1. The number of nitrogens with zero attached hydrogens (tertiary/aromatic N) is 3. The normalized spacial score (nSPS) is 10.1. The zero-order chi connectivity index (χ0) is 16.2. The Kier molecular flexibility index (Phi) is 3.73. The van der Waals surface area contributed by atoms with Crippen molar-refractivity contribution in [2.75, 3.05) is 5.43 Å². The van der Waals surface area contributed by atoms with Crippen molar-refractivity contribution in [3.63, 3.8) is 0 Å². The second-order valence-corrected chi connectivity index (χ2v) is 4.65. The van der Waals surface area contributed by atoms with E-state index in [-0.39, 0.29) is 11.4 Å². The van der Waals surface area contributed by atoms with Gasteiger partial charge in [0.05, 0.1) is 21.6 Å². The number of aromatic nitrogens is 2. The molecule has 3 aromatic rings. The fraction of sp³-hybridized carbons (Fsp3) is 0. The number of hydrazine groups is 1. The minimum Gasteiger partial charge on any atom is -0.761 e. The molecule has 23 heavy (non-hydrogen) atoms. The molecule has 0 bridgehead atoms. The molecular formula is C15H11N6O2-. The van der Waals surface area contributed by atoms with Gasteiger partial charge in [0.2, 0.25) is 0 Å². The Bertz CT molecular complexity index is 893. The van der Waals surface area contributed by atoms with Crippen LogP contribution >= 0.6 is 0 Å². The monoisotopic (exact) mass is 307 g/mol. The molecule has 3 N–H and O–H groups in total. The van der Waals surface area contributed by atoms with Gasteiger partial charge < -0.3 is 15.8 Å². The molecule has 0 spiro atoms. The quantitative estimate of drug-likeness (QED) is 0.380. The molecular weight excluding hydrogens is 296 g/mol. The van der Waals surface area contributed by atoms with Crippen molar-refractivity contribution in [2.24, 2.45) is 0 Å². The molecule has 3 rings (SSSR count). The molecule has 8 heteroatoms. The summed E-state index contributed by atoms with van der Waals surface area (Å²) in [6.45, 7) is 0. The summed E-state index contributed by atoms with van der Waals surface area (Å²) in [6.07, 6.45) is 0. The summed E-state index contributed by atoms with van der Waals surface area (Å²) in [7, 11) is 0. The molecule has 0 amide bonds. The van der Waals surface area contributed by atoms with E-state index in [1.807, 2.05) is 30.1 Å². The lowest BCUT2D eigenvalue weighted by atomic mass is 10.3. The number of fused-ring (bicyclic) bond motifs is 1. The maximum absolute atomic E-state index is 10.8. The van der Waals surface area contributed by atoms with Crippen molar-refractivity contribution in [1.82, 2.24) is 15.4 Å². The van der Waals surface area contributed by atoms with Crippen molar-refractivity contribution in [1.29, 1.82) is 0 Å². The van der Waals surface area contributed by atoms with Crippen LogP contribution in [0, 0.1) is 10.1 Å². The Labute approximate surface area is 130 Å². The molecule has 0 unspecified atom stereocenters. The largest absolute Gasteiger partial charge is 0.761 e. The van der Waals surface area contributed by atoms with Gasteiger partial charge in [-0.25, -0.2) is 10.9 Å². The minimum absolute atomic E-state index is 0.0426. The van der Waals surface area contributed by atoms with Crippen LogP contribution in [0.15, 0.2) is 48.5 Å². The maximum atomic E-state index is 10.8. The number of hydrogen-bond acceptors (Lipinski definition) is 5. The van der Waals surface area contributed by atoms with Crippen LogP contribution < -0.4 is 10.9 Å². The highest BCUT2D eigenvalue weighted by molar-refractivity contribution is 5.91. The van der Waals surface area contributed by atoms with Gasteiger partial charge in [-0.1, -0.05) is 18.2 Å². The molecule has 1 heterocycles. The van der Waals surface area contributed by atoms with Gasteiger partial charge in [-0.15, -0.1) is 0 Å². The lowest BCUT2D eigenvalue weighted by molar-refractivity contribution is -0.384. The molecule has 0 fully saturated rings. The molecule has 0 saturated carbocycles. The third kappa shape index (κ3) is 3.02. The fourth-order valence-corrected chi connectivity index (χ4v) is 2.04. The average Bonchev–Trinajstić information content (AvgIpc) is 2.99. The molecule has 0 aliphatic rings. The van der Waals surface area contributed by atoms with Gasteiger partial charge in [-0.3, -0.25) is 15.5 Å². The lowest BCUT2D eigenvalue weighted by Gasteiger charge is -2.10. The predicted molar refractivity (Wildman–Crippen MR) is 87.7 cm³/mol. The molecule has 0 aliphatic carbocycles. The van der Waals surface area contributed by atoms with E-state index >= 15 is 0 Å². The molecule has 114 valence electrons. The number of hydrogen-bond donors (Lipinski definition) is 3. The highest BCUT2D eigenvalue weighted by Gasteiger charge is 2.08. The molecule has 0 saturated heterocycles. The van der Waals surface area contributed by atoms with Crippen molar-refractivity contribution in [2.45, 2.75) is 0 Å². The van der Waals surface area contributed by atoms with E-state index in [4.69, 9.17) is 0 Å². The van der Waals surface area contributed by atoms with Crippen LogP contribution in [-0.4, -0.2) is 20.8 Å². The average molecular weight is 307 g/mol. The minimum atomic E-state index is -0.487. The van der Waals surface area contributed by atoms with Gasteiger partial charge >= 0.3 is 0 Å². The van der Waals surface area contributed by atoms with Gasteiger partial charge in [-0.05, 0) is 18.2 Å². The number of nitro groups is 1. The number of nitrogens with one attached hydrogen (secondary N) is 3. The van der Waals surface area contributed by atoms with E-state index in [0.29, 0.717) is 11.5 Å². The Morgan fingerprint density at radius 2 is 2.09 bits per heavy atom. The maximum Gasteiger partial charge on any atom is 0.271 e. The van der Waals surface area contributed by atoms with Crippen molar-refractivity contribution in [3.05, 3.63) is 69.9 Å². The molecule has 8 nitrogen and oxygen atoms in total. The van der Waals surface area contributed by atoms with Gasteiger partial charge in [0.25, 0.3) is 5.69 Å². The third-order valence-electron chi connectivity index (χ3n) is 3.13. The van der Waals surface area contributed by atoms with E-state index in [2.05, 4.69) is 20.8 Å². The summed E-state index contributed by atoms with van der Waals surface area (Å²) in [5.41, 5.74) is 7.63. The van der Waals surface area contributed by atoms with E-state index in [0.717, 1.165) is 11.0 Å². The van der Waals surface area contributed by atoms with Crippen LogP contribution in [0.3, 0.4) is 0 Å². The van der Waals surface area contributed by atoms with Crippen molar-refractivity contribution >= 4 is 34.0 Å². The highest BCUT2D eigenvalue weighted by Crippen LogP contribution is 2.17. The number of imidazole rings is 1. The van der Waals surface area contributed by atoms with E-state index in [9.17, 15) is 15.5 Å². The number of anilines is 1. The number of para-hydroxylation sites is 2. The molecule has 0 aliphatic heterocycles. The number of nitro benzene ring substituents is 1. The molecule has 2 aromatic carbocycles. The summed E-state index contributed by atoms with van der Waals surface area (Å²) < 4.78 is 0. The van der Waals surface area contributed by atoms with E-state index in [1.165, 1.54) is 12.1 Å². The first-order chi connectivity index (χ1) is 11.2. The van der Waals surface area contributed by atoms with Gasteiger partial charge in [-0.2, -0.15) is 0 Å². The van der Waals surface area contributed by atoms with Gasteiger partial charge in [0, 0.05) is 12.1 Å². The summed E-state index contributed by atoms with van der Waals surface area (Å²) in [4.78, 5) is 17.6. The smallest absolute Gasteiger partial charge is 0.271 e. The van der Waals surface area contributed by atoms with E-state index in [1.54, 1.807) is 12.1 Å². The first-order valence-corrected chi connectivity index (χ1v) is 6.66. The zero-order valence-electron chi connectivity index (χ0n) is 11.8. The van der Waals surface area contributed by atoms with Crippen LogP contribution in [0.1, 0.15) is 5.82 Å². The van der Waals surface area contributed by atoms with Gasteiger partial charge in [0.1, 0.15) is 5.70 Å². The molecule has 0 radical (unpaired) electrons. The summed E-state index contributed by atoms with van der Waals surface area (Å²) in [6, 6.07) is 13.4. The standard InChI is InChI=1S/C15H11N6O2/c16-9-14(15-17-12-6-1-2-7-13(12)18-15)20-19-10-4-3-5-11(8-10)21(22)23/h1-8,19-20H,(H,17,18)/q-1. The number of benzene rings is 2. The zero-order valence-corrected chi connectivity index (χ0v) is 11.8. The third-order valence-corrected chi connectivity index (χ3v) is 3.13. The van der Waals surface area contributed by atoms with Gasteiger partial charge in [0.15, 0.2) is 5.82 Å². The first kappa shape index (κ1) is 14.3. The Balaban J connectivity index is 1.79. The number of rotatable bonds is 5.